The Balaban J connectivity index is 1.83. The molecular formula is C24H30N6O3S. The first-order valence-electron chi connectivity index (χ1n) is 11.2. The normalized spacial score (nSPS) is 10.9. The SMILES string of the molecule is CCOc1ccc(-n2c(SCC(=O)N(CC)CC(=O)NC(C)C)nnc2-c2ccncc2)cc1. The Morgan fingerprint density at radius 1 is 1.09 bits per heavy atom. The molecule has 0 bridgehead atoms. The molecule has 0 aliphatic heterocycles. The molecule has 3 rings (SSSR count). The number of thioether (sulfide) groups is 1. The first-order chi connectivity index (χ1) is 16.4. The highest BCUT2D eigenvalue weighted by Gasteiger charge is 2.20. The highest BCUT2D eigenvalue weighted by Crippen LogP contribution is 2.28. The van der Waals surface area contributed by atoms with E-state index < -0.39 is 0 Å². The molecule has 2 heterocycles. The molecule has 2 amide bonds. The maximum Gasteiger partial charge on any atom is 0.239 e. The minimum Gasteiger partial charge on any atom is -0.494 e. The van der Waals surface area contributed by atoms with Gasteiger partial charge in [0.1, 0.15) is 5.75 Å². The quantitative estimate of drug-likeness (QED) is 0.419. The van der Waals surface area contributed by atoms with Crippen LogP contribution in [0.25, 0.3) is 17.1 Å². The summed E-state index contributed by atoms with van der Waals surface area (Å²) in [4.78, 5) is 30.6. The molecule has 10 heteroatoms. The molecule has 1 aromatic carbocycles. The lowest BCUT2D eigenvalue weighted by atomic mass is 10.2. The number of likely N-dealkylation sites (N-methyl/N-ethyl adjacent to an activating group) is 1. The Kier molecular flexibility index (Phi) is 9.03. The largest absolute Gasteiger partial charge is 0.494 e. The molecule has 0 saturated carbocycles. The van der Waals surface area contributed by atoms with Crippen molar-refractivity contribution in [1.29, 1.82) is 0 Å². The third-order valence-electron chi connectivity index (χ3n) is 4.82. The smallest absolute Gasteiger partial charge is 0.239 e. The molecule has 9 nitrogen and oxygen atoms in total. The maximum atomic E-state index is 12.9. The summed E-state index contributed by atoms with van der Waals surface area (Å²) in [6.45, 7) is 8.63. The van der Waals surface area contributed by atoms with Crippen LogP contribution in [0.5, 0.6) is 5.75 Å². The Morgan fingerprint density at radius 3 is 2.41 bits per heavy atom. The summed E-state index contributed by atoms with van der Waals surface area (Å²) in [7, 11) is 0. The lowest BCUT2D eigenvalue weighted by molar-refractivity contribution is -0.134. The highest BCUT2D eigenvalue weighted by molar-refractivity contribution is 7.99. The number of benzene rings is 1. The monoisotopic (exact) mass is 482 g/mol. The van der Waals surface area contributed by atoms with Crippen LogP contribution in [0.4, 0.5) is 0 Å². The number of nitrogens with zero attached hydrogens (tertiary/aromatic N) is 5. The van der Waals surface area contributed by atoms with Gasteiger partial charge in [-0.15, -0.1) is 10.2 Å². The molecule has 0 unspecified atom stereocenters. The third kappa shape index (κ3) is 6.57. The van der Waals surface area contributed by atoms with Gasteiger partial charge in [0.15, 0.2) is 11.0 Å². The van der Waals surface area contributed by atoms with E-state index in [1.807, 2.05) is 68.7 Å². The summed E-state index contributed by atoms with van der Waals surface area (Å²) in [6, 6.07) is 11.4. The van der Waals surface area contributed by atoms with Crippen molar-refractivity contribution < 1.29 is 14.3 Å². The summed E-state index contributed by atoms with van der Waals surface area (Å²) >= 11 is 1.28. The summed E-state index contributed by atoms with van der Waals surface area (Å²) in [5, 5.41) is 12.1. The lowest BCUT2D eigenvalue weighted by Gasteiger charge is -2.21. The predicted octanol–water partition coefficient (Wildman–Crippen LogP) is 3.19. The van der Waals surface area contributed by atoms with Crippen molar-refractivity contribution >= 4 is 23.6 Å². The standard InChI is InChI=1S/C24H30N6O3S/c1-5-29(15-21(31)26-17(3)4)22(32)16-34-24-28-27-23(18-11-13-25-14-12-18)30(24)19-7-9-20(10-8-19)33-6-2/h7-14,17H,5-6,15-16H2,1-4H3,(H,26,31). The van der Waals surface area contributed by atoms with Crippen molar-refractivity contribution in [2.45, 2.75) is 38.9 Å². The van der Waals surface area contributed by atoms with Crippen LogP contribution in [0.2, 0.25) is 0 Å². The number of hydrogen-bond donors (Lipinski definition) is 1. The zero-order valence-electron chi connectivity index (χ0n) is 19.9. The summed E-state index contributed by atoms with van der Waals surface area (Å²) in [5.41, 5.74) is 1.70. The number of rotatable bonds is 11. The van der Waals surface area contributed by atoms with Gasteiger partial charge in [0.25, 0.3) is 0 Å². The van der Waals surface area contributed by atoms with Crippen LogP contribution in [-0.4, -0.2) is 68.0 Å². The topological polar surface area (TPSA) is 102 Å². The number of ether oxygens (including phenoxy) is 1. The average molecular weight is 483 g/mol. The van der Waals surface area contributed by atoms with E-state index >= 15 is 0 Å². The number of carbonyl (C=O) groups excluding carboxylic acids is 2. The van der Waals surface area contributed by atoms with Gasteiger partial charge in [-0.1, -0.05) is 11.8 Å². The molecule has 180 valence electrons. The van der Waals surface area contributed by atoms with Crippen LogP contribution >= 0.6 is 11.8 Å². The van der Waals surface area contributed by atoms with Gasteiger partial charge in [-0.25, -0.2) is 0 Å². The van der Waals surface area contributed by atoms with E-state index in [1.165, 1.54) is 16.7 Å². The van der Waals surface area contributed by atoms with E-state index in [1.54, 1.807) is 12.4 Å². The first-order valence-corrected chi connectivity index (χ1v) is 12.2. The van der Waals surface area contributed by atoms with Crippen LogP contribution in [-0.2, 0) is 9.59 Å². The zero-order chi connectivity index (χ0) is 24.5. The molecule has 0 aliphatic carbocycles. The fourth-order valence-corrected chi connectivity index (χ4v) is 4.13. The van der Waals surface area contributed by atoms with Crippen molar-refractivity contribution in [3.05, 3.63) is 48.8 Å². The molecule has 0 aliphatic rings. The van der Waals surface area contributed by atoms with Crippen molar-refractivity contribution in [2.75, 3.05) is 25.4 Å². The molecule has 1 N–H and O–H groups in total. The fourth-order valence-electron chi connectivity index (χ4n) is 3.28. The number of nitrogens with one attached hydrogen (secondary N) is 1. The van der Waals surface area contributed by atoms with Gasteiger partial charge in [0, 0.05) is 36.2 Å². The van der Waals surface area contributed by atoms with Crippen LogP contribution in [0.15, 0.2) is 53.9 Å². The number of amides is 2. The van der Waals surface area contributed by atoms with Crippen molar-refractivity contribution in [1.82, 2.24) is 30.0 Å². The number of carbonyl (C=O) groups is 2. The molecule has 34 heavy (non-hydrogen) atoms. The molecule has 0 radical (unpaired) electrons. The zero-order valence-corrected chi connectivity index (χ0v) is 20.7. The lowest BCUT2D eigenvalue weighted by Crippen LogP contribution is -2.43. The van der Waals surface area contributed by atoms with Gasteiger partial charge >= 0.3 is 0 Å². The minimum atomic E-state index is -0.173. The molecule has 0 fully saturated rings. The van der Waals surface area contributed by atoms with Crippen molar-refractivity contribution in [3.63, 3.8) is 0 Å². The van der Waals surface area contributed by atoms with Crippen LogP contribution in [0, 0.1) is 0 Å². The minimum absolute atomic E-state index is 0.0231. The van der Waals surface area contributed by atoms with Gasteiger partial charge in [-0.3, -0.25) is 19.1 Å². The van der Waals surface area contributed by atoms with Crippen molar-refractivity contribution in [3.8, 4) is 22.8 Å². The molecule has 0 spiro atoms. The molecule has 0 saturated heterocycles. The van der Waals surface area contributed by atoms with Gasteiger partial charge < -0.3 is 15.0 Å². The molecular weight excluding hydrogens is 452 g/mol. The fraction of sp³-hybridized carbons (Fsp3) is 0.375. The van der Waals surface area contributed by atoms with Crippen LogP contribution in [0.1, 0.15) is 27.7 Å². The van der Waals surface area contributed by atoms with E-state index in [0.717, 1.165) is 17.0 Å². The number of aromatic nitrogens is 4. The van der Waals surface area contributed by atoms with E-state index in [0.29, 0.717) is 24.1 Å². The second kappa shape index (κ2) is 12.2. The van der Waals surface area contributed by atoms with Crippen LogP contribution < -0.4 is 10.1 Å². The Hall–Kier alpha value is -3.40. The van der Waals surface area contributed by atoms with Crippen LogP contribution in [0.3, 0.4) is 0 Å². The van der Waals surface area contributed by atoms with Gasteiger partial charge in [-0.05, 0) is 64.1 Å². The Labute approximate surface area is 203 Å². The Morgan fingerprint density at radius 2 is 1.79 bits per heavy atom. The summed E-state index contributed by atoms with van der Waals surface area (Å²) in [5.74, 6) is 1.23. The van der Waals surface area contributed by atoms with Gasteiger partial charge in [0.2, 0.25) is 11.8 Å². The summed E-state index contributed by atoms with van der Waals surface area (Å²) < 4.78 is 7.47. The van der Waals surface area contributed by atoms with Gasteiger partial charge in [-0.2, -0.15) is 0 Å². The van der Waals surface area contributed by atoms with E-state index in [9.17, 15) is 9.59 Å². The predicted molar refractivity (Wildman–Crippen MR) is 132 cm³/mol. The highest BCUT2D eigenvalue weighted by atomic mass is 32.2. The van der Waals surface area contributed by atoms with E-state index in [-0.39, 0.29) is 30.2 Å². The maximum absolute atomic E-state index is 12.9. The Bertz CT molecular complexity index is 1090. The first kappa shape index (κ1) is 25.2. The molecule has 3 aromatic rings. The second-order valence-corrected chi connectivity index (χ2v) is 8.67. The van der Waals surface area contributed by atoms with Gasteiger partial charge in [0.05, 0.1) is 18.9 Å². The van der Waals surface area contributed by atoms with E-state index in [2.05, 4.69) is 20.5 Å². The average Bonchev–Trinajstić information content (AvgIpc) is 3.25. The van der Waals surface area contributed by atoms with Crippen molar-refractivity contribution in [2.24, 2.45) is 0 Å². The third-order valence-corrected chi connectivity index (χ3v) is 5.73. The molecule has 0 atom stereocenters. The molecule has 2 aromatic heterocycles. The summed E-state index contributed by atoms with van der Waals surface area (Å²) in [6.07, 6.45) is 3.40. The number of pyridine rings is 1. The second-order valence-electron chi connectivity index (χ2n) is 7.72. The number of hydrogen-bond acceptors (Lipinski definition) is 7. The van der Waals surface area contributed by atoms with E-state index in [4.69, 9.17) is 4.74 Å².